The maximum atomic E-state index is 12.6. The van der Waals surface area contributed by atoms with Crippen LogP contribution in [-0.4, -0.2) is 25.9 Å². The molecule has 0 aliphatic carbocycles. The smallest absolute Gasteiger partial charge is 0.288 e. The van der Waals surface area contributed by atoms with Gasteiger partial charge in [0.05, 0.1) is 19.9 Å². The zero-order valence-corrected chi connectivity index (χ0v) is 14.5. The van der Waals surface area contributed by atoms with E-state index >= 15 is 0 Å². The number of rotatable bonds is 7. The van der Waals surface area contributed by atoms with Gasteiger partial charge in [-0.3, -0.25) is 4.79 Å². The van der Waals surface area contributed by atoms with Gasteiger partial charge in [0, 0.05) is 11.0 Å². The molecular formula is C18H17F2NO3S. The van der Waals surface area contributed by atoms with Gasteiger partial charge in [-0.05, 0) is 35.9 Å². The van der Waals surface area contributed by atoms with Crippen molar-refractivity contribution in [2.45, 2.75) is 10.7 Å². The third kappa shape index (κ3) is 5.49. The van der Waals surface area contributed by atoms with E-state index in [9.17, 15) is 13.6 Å². The molecule has 0 aromatic heterocycles. The molecule has 2 rings (SSSR count). The molecule has 2 aromatic rings. The molecule has 0 radical (unpaired) electrons. The minimum Gasteiger partial charge on any atom is -0.493 e. The molecule has 1 N–H and O–H groups in total. The van der Waals surface area contributed by atoms with Crippen molar-refractivity contribution in [3.63, 3.8) is 0 Å². The highest BCUT2D eigenvalue weighted by Gasteiger charge is 2.10. The molecule has 0 fully saturated rings. The number of halogens is 2. The van der Waals surface area contributed by atoms with Crippen LogP contribution in [0.15, 0.2) is 53.4 Å². The van der Waals surface area contributed by atoms with Crippen molar-refractivity contribution in [3.05, 3.63) is 54.1 Å². The number of carbonyl (C=O) groups excluding carboxylic acids is 1. The van der Waals surface area contributed by atoms with Crippen molar-refractivity contribution in [1.82, 2.24) is 0 Å². The van der Waals surface area contributed by atoms with Crippen LogP contribution in [-0.2, 0) is 4.79 Å². The minimum absolute atomic E-state index is 0.311. The van der Waals surface area contributed by atoms with Crippen LogP contribution < -0.4 is 14.8 Å². The normalized spacial score (nSPS) is 10.9. The first-order chi connectivity index (χ1) is 12.0. The van der Waals surface area contributed by atoms with Crippen LogP contribution in [0.25, 0.3) is 6.08 Å². The quantitative estimate of drug-likeness (QED) is 0.572. The van der Waals surface area contributed by atoms with Crippen molar-refractivity contribution < 1.29 is 23.0 Å². The number of benzene rings is 2. The predicted molar refractivity (Wildman–Crippen MR) is 95.5 cm³/mol. The lowest BCUT2D eigenvalue weighted by molar-refractivity contribution is -0.111. The van der Waals surface area contributed by atoms with Gasteiger partial charge < -0.3 is 14.8 Å². The summed E-state index contributed by atoms with van der Waals surface area (Å²) in [6.45, 7) is 0. The van der Waals surface area contributed by atoms with Crippen LogP contribution in [0.5, 0.6) is 11.5 Å². The molecular weight excluding hydrogens is 348 g/mol. The fourth-order valence-electron chi connectivity index (χ4n) is 2.07. The number of nitrogens with one attached hydrogen (secondary N) is 1. The van der Waals surface area contributed by atoms with E-state index in [1.54, 1.807) is 42.5 Å². The van der Waals surface area contributed by atoms with Crippen molar-refractivity contribution >= 4 is 29.4 Å². The van der Waals surface area contributed by atoms with Crippen molar-refractivity contribution in [2.24, 2.45) is 0 Å². The maximum absolute atomic E-state index is 12.6. The third-order valence-electron chi connectivity index (χ3n) is 3.20. The molecule has 2 aromatic carbocycles. The highest BCUT2D eigenvalue weighted by Crippen LogP contribution is 2.31. The second kappa shape index (κ2) is 9.08. The molecule has 1 amide bonds. The van der Waals surface area contributed by atoms with Crippen LogP contribution in [0.3, 0.4) is 0 Å². The molecule has 0 spiro atoms. The first-order valence-electron chi connectivity index (χ1n) is 7.28. The van der Waals surface area contributed by atoms with Crippen LogP contribution in [0, 0.1) is 0 Å². The van der Waals surface area contributed by atoms with Gasteiger partial charge in [0.1, 0.15) is 0 Å². The van der Waals surface area contributed by atoms with Crippen molar-refractivity contribution in [1.29, 1.82) is 0 Å². The molecule has 25 heavy (non-hydrogen) atoms. The van der Waals surface area contributed by atoms with E-state index in [1.165, 1.54) is 26.4 Å². The van der Waals surface area contributed by atoms with Crippen LogP contribution in [0.1, 0.15) is 5.56 Å². The molecule has 0 aliphatic heterocycles. The molecule has 7 heteroatoms. The Morgan fingerprint density at radius 3 is 2.52 bits per heavy atom. The van der Waals surface area contributed by atoms with Gasteiger partial charge in [-0.1, -0.05) is 30.0 Å². The molecule has 0 heterocycles. The number of para-hydroxylation sites is 1. The lowest BCUT2D eigenvalue weighted by atomic mass is 10.2. The van der Waals surface area contributed by atoms with Crippen molar-refractivity contribution in [2.75, 3.05) is 19.5 Å². The highest BCUT2D eigenvalue weighted by molar-refractivity contribution is 7.99. The summed E-state index contributed by atoms with van der Waals surface area (Å²) in [6.07, 6.45) is 2.92. The fourth-order valence-corrected chi connectivity index (χ4v) is 2.67. The fraction of sp³-hybridized carbons (Fsp3) is 0.167. The first kappa shape index (κ1) is 18.8. The Morgan fingerprint density at radius 2 is 1.84 bits per heavy atom. The Balaban J connectivity index is 2.09. The van der Waals surface area contributed by atoms with Crippen molar-refractivity contribution in [3.8, 4) is 11.5 Å². The molecule has 0 atom stereocenters. The number of hydrogen-bond acceptors (Lipinski definition) is 4. The average Bonchev–Trinajstić information content (AvgIpc) is 2.61. The number of amides is 1. The zero-order valence-electron chi connectivity index (χ0n) is 13.7. The van der Waals surface area contributed by atoms with E-state index in [0.717, 1.165) is 5.56 Å². The van der Waals surface area contributed by atoms with Gasteiger partial charge in [-0.15, -0.1) is 0 Å². The maximum Gasteiger partial charge on any atom is 0.288 e. The lowest BCUT2D eigenvalue weighted by Crippen LogP contribution is -2.08. The average molecular weight is 365 g/mol. The monoisotopic (exact) mass is 365 g/mol. The summed E-state index contributed by atoms with van der Waals surface area (Å²) in [5.41, 5.74) is 1.08. The SMILES string of the molecule is COc1ccc(C=CC(=O)Nc2ccccc2SC(F)F)cc1OC. The van der Waals surface area contributed by atoms with E-state index in [1.807, 2.05) is 0 Å². The highest BCUT2D eigenvalue weighted by atomic mass is 32.2. The first-order valence-corrected chi connectivity index (χ1v) is 8.16. The summed E-state index contributed by atoms with van der Waals surface area (Å²) < 4.78 is 35.5. The van der Waals surface area contributed by atoms with Gasteiger partial charge in [-0.2, -0.15) is 8.78 Å². The van der Waals surface area contributed by atoms with Gasteiger partial charge in [0.15, 0.2) is 11.5 Å². The number of alkyl halides is 2. The Morgan fingerprint density at radius 1 is 1.12 bits per heavy atom. The Labute approximate surface area is 148 Å². The standard InChI is InChI=1S/C18H17F2NO3S/c1-23-14-9-7-12(11-15(14)24-2)8-10-17(22)21-13-5-3-4-6-16(13)25-18(19)20/h3-11,18H,1-2H3,(H,21,22). The molecule has 0 bridgehead atoms. The van der Waals surface area contributed by atoms with Crippen LogP contribution >= 0.6 is 11.8 Å². The number of hydrogen-bond donors (Lipinski definition) is 1. The van der Waals surface area contributed by atoms with Crippen LogP contribution in [0.4, 0.5) is 14.5 Å². The minimum atomic E-state index is -2.56. The topological polar surface area (TPSA) is 47.6 Å². The number of carbonyl (C=O) groups is 1. The summed E-state index contributed by atoms with van der Waals surface area (Å²) in [5, 5.41) is 2.60. The Hall–Kier alpha value is -2.54. The van der Waals surface area contributed by atoms with E-state index in [-0.39, 0.29) is 0 Å². The van der Waals surface area contributed by atoms with E-state index in [0.29, 0.717) is 33.8 Å². The summed E-state index contributed by atoms with van der Waals surface area (Å²) in [7, 11) is 3.06. The summed E-state index contributed by atoms with van der Waals surface area (Å²) in [6, 6.07) is 11.6. The van der Waals surface area contributed by atoms with Gasteiger partial charge in [0.2, 0.25) is 5.91 Å². The summed E-state index contributed by atoms with van der Waals surface area (Å²) in [4.78, 5) is 12.4. The zero-order chi connectivity index (χ0) is 18.2. The number of ether oxygens (including phenoxy) is 2. The van der Waals surface area contributed by atoms with Gasteiger partial charge in [-0.25, -0.2) is 0 Å². The molecule has 0 unspecified atom stereocenters. The molecule has 0 aliphatic rings. The molecule has 0 saturated heterocycles. The number of anilines is 1. The van der Waals surface area contributed by atoms with E-state index < -0.39 is 11.7 Å². The van der Waals surface area contributed by atoms with Gasteiger partial charge in [0.25, 0.3) is 5.76 Å². The number of thioether (sulfide) groups is 1. The summed E-state index contributed by atoms with van der Waals surface area (Å²) >= 11 is 0.388. The molecule has 4 nitrogen and oxygen atoms in total. The van der Waals surface area contributed by atoms with E-state index in [4.69, 9.17) is 9.47 Å². The van der Waals surface area contributed by atoms with Gasteiger partial charge >= 0.3 is 0 Å². The lowest BCUT2D eigenvalue weighted by Gasteiger charge is -2.09. The number of methoxy groups -OCH3 is 2. The summed E-state index contributed by atoms with van der Waals surface area (Å²) in [5.74, 6) is -1.84. The largest absolute Gasteiger partial charge is 0.493 e. The second-order valence-electron chi connectivity index (χ2n) is 4.81. The third-order valence-corrected chi connectivity index (χ3v) is 3.98. The van der Waals surface area contributed by atoms with E-state index in [2.05, 4.69) is 5.32 Å². The predicted octanol–water partition coefficient (Wildman–Crippen LogP) is 4.67. The Bertz CT molecular complexity index is 766. The second-order valence-corrected chi connectivity index (χ2v) is 5.84. The molecule has 0 saturated carbocycles. The van der Waals surface area contributed by atoms with Crippen LogP contribution in [0.2, 0.25) is 0 Å². The molecule has 132 valence electrons. The Kier molecular flexibility index (Phi) is 6.82.